The number of hydrogen-bond donors (Lipinski definition) is 0. The quantitative estimate of drug-likeness (QED) is 0.148. The van der Waals surface area contributed by atoms with Crippen molar-refractivity contribution >= 4 is 138 Å². The molecule has 0 saturated carbocycles. The van der Waals surface area contributed by atoms with E-state index in [2.05, 4.69) is 261 Å². The molecule has 0 saturated heterocycles. The summed E-state index contributed by atoms with van der Waals surface area (Å²) in [5.41, 5.74) is 25.8. The van der Waals surface area contributed by atoms with Crippen LogP contribution >= 0.6 is 0 Å². The normalized spacial score (nSPS) is 14.6. The molecular formula is C69H57B3N4. The van der Waals surface area contributed by atoms with Crippen LogP contribution < -0.4 is 68.8 Å². The second-order valence-corrected chi connectivity index (χ2v) is 22.2. The number of benzene rings is 10. The van der Waals surface area contributed by atoms with Gasteiger partial charge in [0.2, 0.25) is 6.71 Å². The number of para-hydroxylation sites is 7. The minimum Gasteiger partial charge on any atom is -0.312 e. The van der Waals surface area contributed by atoms with Gasteiger partial charge in [0.25, 0.3) is 13.4 Å². The lowest BCUT2D eigenvalue weighted by Gasteiger charge is -2.51. The Hall–Kier alpha value is -8.41. The third-order valence-corrected chi connectivity index (χ3v) is 16.9. The summed E-state index contributed by atoms with van der Waals surface area (Å²) in [4.78, 5) is 9.78. The van der Waals surface area contributed by atoms with Crippen LogP contribution in [0.1, 0.15) is 80.1 Å². The molecule has 15 rings (SSSR count). The molecule has 5 aliphatic heterocycles. The van der Waals surface area contributed by atoms with E-state index in [-0.39, 0.29) is 37.9 Å². The van der Waals surface area contributed by atoms with Gasteiger partial charge in [0.05, 0.1) is 4.11 Å². The van der Waals surface area contributed by atoms with Gasteiger partial charge in [-0.3, -0.25) is 0 Å². The molecule has 5 aliphatic rings. The summed E-state index contributed by atoms with van der Waals surface area (Å²) in [6.07, 6.45) is 0. The van der Waals surface area contributed by atoms with E-state index in [4.69, 9.17) is 0 Å². The Morgan fingerprint density at radius 1 is 0.303 bits per heavy atom. The van der Waals surface area contributed by atoms with Crippen LogP contribution in [0, 0.1) is 0 Å². The lowest BCUT2D eigenvalue weighted by molar-refractivity contribution is 0.812. The number of rotatable bonds is 7. The van der Waals surface area contributed by atoms with Crippen molar-refractivity contribution in [2.75, 3.05) is 19.6 Å². The average molecular weight is 978 g/mol. The van der Waals surface area contributed by atoms with Gasteiger partial charge in [-0.25, -0.2) is 0 Å². The molecule has 76 heavy (non-hydrogen) atoms. The first-order valence-electron chi connectivity index (χ1n) is 28.8. The monoisotopic (exact) mass is 978 g/mol. The minimum atomic E-state index is -0.316. The summed E-state index contributed by atoms with van der Waals surface area (Å²) in [5.74, 6) is 0.0432. The molecule has 0 fully saturated rings. The molecule has 0 unspecified atom stereocenters. The molecule has 10 aromatic rings. The van der Waals surface area contributed by atoms with Crippen molar-refractivity contribution in [1.82, 2.24) is 0 Å². The third-order valence-electron chi connectivity index (χ3n) is 16.9. The fourth-order valence-electron chi connectivity index (χ4n) is 13.8. The predicted octanol–water partition coefficient (Wildman–Crippen LogP) is 12.1. The minimum absolute atomic E-state index is 0.0130. The first kappa shape index (κ1) is 41.9. The molecule has 5 heterocycles. The van der Waals surface area contributed by atoms with Crippen molar-refractivity contribution < 1.29 is 4.11 Å². The summed E-state index contributed by atoms with van der Waals surface area (Å²) < 4.78 is 31.6. The molecule has 0 aromatic heterocycles. The van der Waals surface area contributed by atoms with Crippen molar-refractivity contribution in [2.45, 2.75) is 59.3 Å². The van der Waals surface area contributed by atoms with Crippen LogP contribution in [0.25, 0.3) is 0 Å². The van der Waals surface area contributed by atoms with Gasteiger partial charge in [-0.1, -0.05) is 193 Å². The van der Waals surface area contributed by atoms with Crippen LogP contribution in [0.4, 0.5) is 68.2 Å². The van der Waals surface area contributed by atoms with E-state index in [1.165, 1.54) is 16.4 Å². The van der Waals surface area contributed by atoms with E-state index < -0.39 is 0 Å². The van der Waals surface area contributed by atoms with Gasteiger partial charge in [-0.15, -0.1) is 0 Å². The van der Waals surface area contributed by atoms with E-state index in [1.54, 1.807) is 0 Å². The summed E-state index contributed by atoms with van der Waals surface area (Å²) >= 11 is 0. The number of fused-ring (bicyclic) bond motifs is 12. The van der Waals surface area contributed by atoms with Crippen LogP contribution in [0.2, 0.25) is 0 Å². The van der Waals surface area contributed by atoms with Crippen molar-refractivity contribution in [2.24, 2.45) is 0 Å². The van der Waals surface area contributed by atoms with E-state index in [1.807, 2.05) is 0 Å². The van der Waals surface area contributed by atoms with E-state index in [0.717, 1.165) is 118 Å². The predicted molar refractivity (Wildman–Crippen MR) is 328 cm³/mol. The highest BCUT2D eigenvalue weighted by Gasteiger charge is 2.52. The second kappa shape index (κ2) is 17.1. The molecule has 0 N–H and O–H groups in total. The van der Waals surface area contributed by atoms with Crippen molar-refractivity contribution in [3.63, 3.8) is 0 Å². The molecule has 4 nitrogen and oxygen atoms in total. The van der Waals surface area contributed by atoms with Gasteiger partial charge < -0.3 is 19.6 Å². The molecule has 0 bridgehead atoms. The van der Waals surface area contributed by atoms with Gasteiger partial charge >= 0.3 is 0 Å². The lowest BCUT2D eigenvalue weighted by Crippen LogP contribution is -2.69. The molecule has 7 heteroatoms. The zero-order valence-electron chi connectivity index (χ0n) is 46.8. The van der Waals surface area contributed by atoms with Crippen molar-refractivity contribution in [1.29, 1.82) is 0 Å². The highest BCUT2D eigenvalue weighted by atomic mass is 15.2. The molecule has 0 aliphatic carbocycles. The molecule has 0 radical (unpaired) electrons. The van der Waals surface area contributed by atoms with Crippen LogP contribution in [0.5, 0.6) is 0 Å². The van der Waals surface area contributed by atoms with E-state index >= 15 is 0 Å². The molecule has 0 spiro atoms. The first-order valence-corrected chi connectivity index (χ1v) is 27.3. The number of nitrogens with zero attached hydrogens (tertiary/aromatic N) is 4. The Balaban J connectivity index is 1.12. The van der Waals surface area contributed by atoms with Crippen molar-refractivity contribution in [3.8, 4) is 0 Å². The third kappa shape index (κ3) is 6.35. The van der Waals surface area contributed by atoms with Gasteiger partial charge in [-0.05, 0) is 151 Å². The van der Waals surface area contributed by atoms with Crippen LogP contribution in [-0.2, 0) is 0 Å². The van der Waals surface area contributed by atoms with Crippen LogP contribution in [0.3, 0.4) is 0 Å². The Morgan fingerprint density at radius 2 is 0.632 bits per heavy atom. The largest absolute Gasteiger partial charge is 0.312 e. The van der Waals surface area contributed by atoms with Crippen LogP contribution in [0.15, 0.2) is 218 Å². The van der Waals surface area contributed by atoms with Gasteiger partial charge in [-0.2, -0.15) is 0 Å². The summed E-state index contributed by atoms with van der Waals surface area (Å²) in [5, 5.41) is 0. The maximum atomic E-state index is 11.2. The summed E-state index contributed by atoms with van der Waals surface area (Å²) in [7, 11) is 0. The van der Waals surface area contributed by atoms with E-state index in [0.29, 0.717) is 18.1 Å². The molecule has 10 aromatic carbocycles. The summed E-state index contributed by atoms with van der Waals surface area (Å²) in [6.45, 7) is 12.5. The molecule has 0 amide bonds. The number of anilines is 12. The van der Waals surface area contributed by atoms with Crippen molar-refractivity contribution in [3.05, 3.63) is 235 Å². The summed E-state index contributed by atoms with van der Waals surface area (Å²) in [6, 6.07) is 74.3. The zero-order valence-corrected chi connectivity index (χ0v) is 43.8. The Labute approximate surface area is 453 Å². The fraction of sp³-hybridized carbons (Fsp3) is 0.130. The lowest BCUT2D eigenvalue weighted by atomic mass is 9.28. The number of hydrogen-bond acceptors (Lipinski definition) is 4. The average Bonchev–Trinajstić information content (AvgIpc) is 3.47. The molecule has 0 atom stereocenters. The Morgan fingerprint density at radius 3 is 1.03 bits per heavy atom. The highest BCUT2D eigenvalue weighted by molar-refractivity contribution is 7.05. The highest BCUT2D eigenvalue weighted by Crippen LogP contribution is 2.51. The van der Waals surface area contributed by atoms with Gasteiger partial charge in [0.1, 0.15) is 0 Å². The van der Waals surface area contributed by atoms with Crippen LogP contribution in [-0.4, -0.2) is 20.1 Å². The van der Waals surface area contributed by atoms with E-state index in [9.17, 15) is 4.11 Å². The fourth-order valence-corrected chi connectivity index (χ4v) is 13.8. The maximum Gasteiger partial charge on any atom is 0.252 e. The standard InChI is InChI=1S/C69H57B3N4/c1-43(2)46-38-50(44(3)4)66(51(39-46)45(5)6)71-53-31-17-20-34-58(53)73(47-24-10-7-11-25-47)62-41-63-57(40-56(62)71)72-55-33-19-23-37-61(55)76-60-36-22-18-32-54(60)70-52-30-16-21-35-59(52)74(48-26-12-8-13-27-48)64-42-65(68(72)69(76)67(64)70)75(63)49-28-14-9-15-29-49/h7-45H,1-6H3/i38D,39D,42D. The topological polar surface area (TPSA) is 13.0 Å². The Kier molecular flexibility index (Phi) is 9.40. The van der Waals surface area contributed by atoms with Gasteiger partial charge in [0.15, 0.2) is 0 Å². The molecular weight excluding hydrogens is 917 g/mol. The zero-order chi connectivity index (χ0) is 53.7. The molecule has 362 valence electrons. The Bertz CT molecular complexity index is 4120. The van der Waals surface area contributed by atoms with Gasteiger partial charge in [0, 0.05) is 68.2 Å². The second-order valence-electron chi connectivity index (χ2n) is 22.2. The smallest absolute Gasteiger partial charge is 0.252 e. The maximum absolute atomic E-state index is 11.2. The first-order chi connectivity index (χ1) is 38.5. The SMILES string of the molecule is [2H]c1c(C(C)C)c([2H])c(C(C)C)c(B2c3ccccc3N(c3ccccc3)c3cc4c(cc32)B2c3ccccc3N3c5ccccc5B5c6ccccc6N(c6ccccc6)c6c([2H])c(c2c3c65)N4c2ccccc2)c1C(C)C.